The molecule has 2 nitrogen and oxygen atoms in total. The van der Waals surface area contributed by atoms with Gasteiger partial charge in [-0.25, -0.2) is 4.98 Å². The van der Waals surface area contributed by atoms with Gasteiger partial charge >= 0.3 is 0 Å². The molecule has 1 aromatic heterocycles. The third-order valence-corrected chi connectivity index (χ3v) is 2.84. The van der Waals surface area contributed by atoms with Gasteiger partial charge in [0.1, 0.15) is 6.26 Å². The Hall–Kier alpha value is -1.25. The number of nitrogens with zero attached hydrogens (tertiary/aromatic N) is 1. The summed E-state index contributed by atoms with van der Waals surface area (Å²) in [4.78, 5) is 4.17. The molecule has 0 saturated carbocycles. The number of rotatable bonds is 4. The number of aromatic nitrogens is 1. The molecule has 0 N–H and O–H groups in total. The lowest BCUT2D eigenvalue weighted by atomic mass is 10.1. The van der Waals surface area contributed by atoms with Crippen molar-refractivity contribution in [2.75, 3.05) is 0 Å². The third kappa shape index (κ3) is 3.35. The van der Waals surface area contributed by atoms with Gasteiger partial charge in [-0.3, -0.25) is 0 Å². The van der Waals surface area contributed by atoms with Crippen LogP contribution >= 0.6 is 23.2 Å². The third-order valence-electron chi connectivity index (χ3n) is 2.26. The van der Waals surface area contributed by atoms with E-state index in [2.05, 4.69) is 4.98 Å². The number of halogens is 2. The van der Waals surface area contributed by atoms with Gasteiger partial charge in [0.05, 0.1) is 11.6 Å². The van der Waals surface area contributed by atoms with Crippen LogP contribution in [0.15, 0.2) is 34.9 Å². The van der Waals surface area contributed by atoms with Gasteiger partial charge in [0.2, 0.25) is 5.89 Å². The van der Waals surface area contributed by atoms with Crippen molar-refractivity contribution in [2.45, 2.75) is 11.8 Å². The molecule has 88 valence electrons. The Labute approximate surface area is 110 Å². The summed E-state index contributed by atoms with van der Waals surface area (Å²) in [7, 11) is 0. The highest BCUT2D eigenvalue weighted by Gasteiger charge is 1.98. The first-order chi connectivity index (χ1) is 8.31. The summed E-state index contributed by atoms with van der Waals surface area (Å²) in [6, 6.07) is 7.98. The van der Waals surface area contributed by atoms with Crippen molar-refractivity contribution in [3.63, 3.8) is 0 Å². The Morgan fingerprint density at radius 1 is 1.06 bits per heavy atom. The standard InChI is InChI=1S/C13H11Cl2NO/c14-7-11-3-1-10(2-4-11)5-6-13-16-12(8-15)9-17-13/h1-6,9H,7-8H2/b6-5+. The van der Waals surface area contributed by atoms with Crippen LogP contribution in [0.5, 0.6) is 0 Å². The van der Waals surface area contributed by atoms with E-state index < -0.39 is 0 Å². The molecule has 1 aromatic carbocycles. The van der Waals surface area contributed by atoms with Crippen LogP contribution < -0.4 is 0 Å². The Bertz CT molecular complexity index is 502. The quantitative estimate of drug-likeness (QED) is 0.771. The fourth-order valence-corrected chi connectivity index (χ4v) is 1.65. The first-order valence-electron chi connectivity index (χ1n) is 5.15. The van der Waals surface area contributed by atoms with E-state index in [0.29, 0.717) is 17.7 Å². The van der Waals surface area contributed by atoms with E-state index in [-0.39, 0.29) is 0 Å². The van der Waals surface area contributed by atoms with Crippen LogP contribution in [0.3, 0.4) is 0 Å². The van der Waals surface area contributed by atoms with Gasteiger partial charge in [0, 0.05) is 12.0 Å². The fourth-order valence-electron chi connectivity index (χ4n) is 1.35. The van der Waals surface area contributed by atoms with Gasteiger partial charge in [0.15, 0.2) is 0 Å². The maximum Gasteiger partial charge on any atom is 0.218 e. The van der Waals surface area contributed by atoms with Crippen molar-refractivity contribution in [1.82, 2.24) is 4.98 Å². The molecule has 2 aromatic rings. The molecule has 0 spiro atoms. The van der Waals surface area contributed by atoms with Gasteiger partial charge in [-0.2, -0.15) is 0 Å². The molecule has 2 rings (SSSR count). The second-order valence-corrected chi connectivity index (χ2v) is 4.05. The molecule has 0 amide bonds. The van der Waals surface area contributed by atoms with Crippen LogP contribution in [-0.2, 0) is 11.8 Å². The van der Waals surface area contributed by atoms with Gasteiger partial charge in [0.25, 0.3) is 0 Å². The number of alkyl halides is 2. The zero-order valence-electron chi connectivity index (χ0n) is 9.07. The van der Waals surface area contributed by atoms with E-state index in [1.54, 1.807) is 6.26 Å². The van der Waals surface area contributed by atoms with Crippen molar-refractivity contribution in [3.05, 3.63) is 53.2 Å². The van der Waals surface area contributed by atoms with Gasteiger partial charge in [-0.05, 0) is 17.2 Å². The molecule has 0 unspecified atom stereocenters. The Morgan fingerprint density at radius 3 is 2.41 bits per heavy atom. The van der Waals surface area contributed by atoms with Gasteiger partial charge in [-0.1, -0.05) is 24.3 Å². The minimum absolute atomic E-state index is 0.363. The summed E-state index contributed by atoms with van der Waals surface area (Å²) >= 11 is 11.3. The number of hydrogen-bond donors (Lipinski definition) is 0. The lowest BCUT2D eigenvalue weighted by molar-refractivity contribution is 0.546. The minimum Gasteiger partial charge on any atom is -0.445 e. The Balaban J connectivity index is 2.08. The maximum atomic E-state index is 5.72. The summed E-state index contributed by atoms with van der Waals surface area (Å²) in [6.07, 6.45) is 5.30. The molecular weight excluding hydrogens is 257 g/mol. The van der Waals surface area contributed by atoms with Crippen LogP contribution in [0.2, 0.25) is 0 Å². The van der Waals surface area contributed by atoms with E-state index in [4.69, 9.17) is 27.6 Å². The van der Waals surface area contributed by atoms with Crippen LogP contribution in [0, 0.1) is 0 Å². The van der Waals surface area contributed by atoms with E-state index in [1.807, 2.05) is 36.4 Å². The molecule has 0 aliphatic heterocycles. The lowest BCUT2D eigenvalue weighted by Crippen LogP contribution is -1.78. The molecule has 0 radical (unpaired) electrons. The molecule has 0 bridgehead atoms. The highest BCUT2D eigenvalue weighted by Crippen LogP contribution is 2.11. The molecule has 0 aliphatic rings. The molecule has 17 heavy (non-hydrogen) atoms. The zero-order chi connectivity index (χ0) is 12.1. The number of oxazole rings is 1. The molecule has 0 aliphatic carbocycles. The molecule has 0 fully saturated rings. The zero-order valence-corrected chi connectivity index (χ0v) is 10.6. The van der Waals surface area contributed by atoms with Crippen molar-refractivity contribution in [3.8, 4) is 0 Å². The molecule has 0 saturated heterocycles. The van der Waals surface area contributed by atoms with E-state index in [9.17, 15) is 0 Å². The predicted molar refractivity (Wildman–Crippen MR) is 71.0 cm³/mol. The second-order valence-electron chi connectivity index (χ2n) is 3.52. The summed E-state index contributed by atoms with van der Waals surface area (Å²) in [6.45, 7) is 0. The van der Waals surface area contributed by atoms with Crippen LogP contribution in [0.1, 0.15) is 22.7 Å². The van der Waals surface area contributed by atoms with E-state index in [0.717, 1.165) is 16.8 Å². The topological polar surface area (TPSA) is 26.0 Å². The van der Waals surface area contributed by atoms with Gasteiger partial charge < -0.3 is 4.42 Å². The average molecular weight is 268 g/mol. The second kappa shape index (κ2) is 5.89. The molecular formula is C13H11Cl2NO. The Morgan fingerprint density at radius 2 is 1.82 bits per heavy atom. The molecule has 0 atom stereocenters. The number of benzene rings is 1. The van der Waals surface area contributed by atoms with Gasteiger partial charge in [-0.15, -0.1) is 23.2 Å². The lowest BCUT2D eigenvalue weighted by Gasteiger charge is -1.95. The first kappa shape index (κ1) is 12.2. The van der Waals surface area contributed by atoms with Crippen molar-refractivity contribution < 1.29 is 4.42 Å². The maximum absolute atomic E-state index is 5.72. The van der Waals surface area contributed by atoms with Crippen molar-refractivity contribution >= 4 is 35.4 Å². The average Bonchev–Trinajstić information content (AvgIpc) is 2.85. The van der Waals surface area contributed by atoms with E-state index >= 15 is 0 Å². The smallest absolute Gasteiger partial charge is 0.218 e. The van der Waals surface area contributed by atoms with Crippen LogP contribution in [0.25, 0.3) is 12.2 Å². The van der Waals surface area contributed by atoms with Crippen molar-refractivity contribution in [1.29, 1.82) is 0 Å². The van der Waals surface area contributed by atoms with Crippen LogP contribution in [-0.4, -0.2) is 4.98 Å². The summed E-state index contributed by atoms with van der Waals surface area (Å²) < 4.78 is 5.22. The monoisotopic (exact) mass is 267 g/mol. The molecule has 4 heteroatoms. The van der Waals surface area contributed by atoms with Crippen molar-refractivity contribution in [2.24, 2.45) is 0 Å². The summed E-state index contributed by atoms with van der Waals surface area (Å²) in [5.74, 6) is 1.45. The normalized spacial score (nSPS) is 11.2. The largest absolute Gasteiger partial charge is 0.445 e. The fraction of sp³-hybridized carbons (Fsp3) is 0.154. The van der Waals surface area contributed by atoms with Crippen LogP contribution in [0.4, 0.5) is 0 Å². The highest BCUT2D eigenvalue weighted by molar-refractivity contribution is 6.17. The minimum atomic E-state index is 0.363. The number of hydrogen-bond acceptors (Lipinski definition) is 2. The molecule has 1 heterocycles. The highest BCUT2D eigenvalue weighted by atomic mass is 35.5. The summed E-state index contributed by atoms with van der Waals surface area (Å²) in [5, 5.41) is 0. The first-order valence-corrected chi connectivity index (χ1v) is 6.22. The SMILES string of the molecule is ClCc1ccc(/C=C/c2nc(CCl)co2)cc1. The predicted octanol–water partition coefficient (Wildman–Crippen LogP) is 4.32. The summed E-state index contributed by atoms with van der Waals surface area (Å²) in [5.41, 5.74) is 2.91. The van der Waals surface area contributed by atoms with E-state index in [1.165, 1.54) is 0 Å². The Kier molecular flexibility index (Phi) is 4.24.